The Hall–Kier alpha value is -2.61. The van der Waals surface area contributed by atoms with Gasteiger partial charge in [-0.05, 0) is 62.9 Å². The molecule has 3 heterocycles. The van der Waals surface area contributed by atoms with Crippen molar-refractivity contribution in [2.24, 2.45) is 5.92 Å². The first kappa shape index (κ1) is 19.4. The molecule has 0 aromatic carbocycles. The number of carbonyl (C=O) groups excluding carboxylic acids is 1. The molecule has 3 aliphatic rings. The molecule has 2 aliphatic carbocycles. The fourth-order valence-corrected chi connectivity index (χ4v) is 4.54. The van der Waals surface area contributed by atoms with Crippen LogP contribution in [0.25, 0.3) is 11.2 Å². The zero-order chi connectivity index (χ0) is 20.7. The van der Waals surface area contributed by atoms with Crippen LogP contribution in [-0.2, 0) is 11.3 Å². The summed E-state index contributed by atoms with van der Waals surface area (Å²) in [5.74, 6) is -0.467. The molecule has 8 nitrogen and oxygen atoms in total. The van der Waals surface area contributed by atoms with Crippen LogP contribution in [0.1, 0.15) is 67.3 Å². The maximum absolute atomic E-state index is 13.2. The Balaban J connectivity index is 1.66. The van der Waals surface area contributed by atoms with Gasteiger partial charge in [-0.1, -0.05) is 6.08 Å². The number of nitrogens with zero attached hydrogens (tertiary/aromatic N) is 3. The van der Waals surface area contributed by atoms with Gasteiger partial charge in [0.2, 0.25) is 5.88 Å². The maximum atomic E-state index is 13.2. The highest BCUT2D eigenvalue weighted by Crippen LogP contribution is 2.32. The highest BCUT2D eigenvalue weighted by molar-refractivity contribution is 5.97. The minimum absolute atomic E-state index is 0.0940. The number of aromatic nitrogens is 3. The van der Waals surface area contributed by atoms with Gasteiger partial charge in [-0.3, -0.25) is 14.2 Å². The Morgan fingerprint density at radius 3 is 2.73 bits per heavy atom. The Labute approximate surface area is 174 Å². The third-order valence-electron chi connectivity index (χ3n) is 6.44. The first-order valence-corrected chi connectivity index (χ1v) is 11.0. The van der Waals surface area contributed by atoms with Crippen molar-refractivity contribution in [2.75, 3.05) is 13.2 Å². The number of ether oxygens (including phenoxy) is 1. The molecule has 0 unspecified atom stereocenters. The molecule has 1 saturated carbocycles. The molecule has 1 aliphatic heterocycles. The monoisotopic (exact) mass is 412 g/mol. The van der Waals surface area contributed by atoms with Gasteiger partial charge in [0.05, 0.1) is 6.20 Å². The number of allylic oxidation sites excluding steroid dienone is 2. The predicted octanol–water partition coefficient (Wildman–Crippen LogP) is 2.48. The van der Waals surface area contributed by atoms with Crippen LogP contribution in [0.4, 0.5) is 0 Å². The minimum Gasteiger partial charge on any atom is -0.494 e. The smallest absolute Gasteiger partial charge is 0.291 e. The van der Waals surface area contributed by atoms with E-state index in [-0.39, 0.29) is 17.5 Å². The molecule has 2 aromatic heterocycles. The van der Waals surface area contributed by atoms with E-state index >= 15 is 0 Å². The quantitative estimate of drug-likeness (QED) is 0.786. The highest BCUT2D eigenvalue weighted by Gasteiger charge is 2.31. The van der Waals surface area contributed by atoms with E-state index in [2.05, 4.69) is 16.5 Å². The lowest BCUT2D eigenvalue weighted by molar-refractivity contribution is 0.0607. The zero-order valence-electron chi connectivity index (χ0n) is 17.1. The topological polar surface area (TPSA) is 97.9 Å². The average Bonchev–Trinajstić information content (AvgIpc) is 3.46. The third kappa shape index (κ3) is 3.53. The molecule has 8 heteroatoms. The van der Waals surface area contributed by atoms with Crippen molar-refractivity contribution in [3.63, 3.8) is 0 Å². The van der Waals surface area contributed by atoms with Gasteiger partial charge in [0.25, 0.3) is 11.5 Å². The summed E-state index contributed by atoms with van der Waals surface area (Å²) in [5.41, 5.74) is 1.84. The number of hydrogen-bond donors (Lipinski definition) is 2. The standard InChI is InChI=1S/C22H28N4O4/c27-19(24-16-6-7-16)18-21(28)25(13-14-8-10-30-11-9-14)20-17(12-23-26(20)22(18)29)15-4-2-1-3-5-15/h4,12,14,16,28H,1-3,5-11,13H2,(H,24,27). The van der Waals surface area contributed by atoms with Crippen LogP contribution in [0.2, 0.25) is 0 Å². The van der Waals surface area contributed by atoms with Crippen LogP contribution in [-0.4, -0.2) is 44.5 Å². The van der Waals surface area contributed by atoms with E-state index in [1.165, 1.54) is 4.52 Å². The summed E-state index contributed by atoms with van der Waals surface area (Å²) in [6, 6.07) is 0.0940. The number of amides is 1. The van der Waals surface area contributed by atoms with E-state index in [0.29, 0.717) is 31.3 Å². The summed E-state index contributed by atoms with van der Waals surface area (Å²) in [6.45, 7) is 1.90. The minimum atomic E-state index is -0.563. The molecular formula is C22H28N4O4. The molecule has 2 aromatic rings. The second-order valence-corrected chi connectivity index (χ2v) is 8.69. The molecule has 2 fully saturated rings. The molecule has 30 heavy (non-hydrogen) atoms. The van der Waals surface area contributed by atoms with Crippen molar-refractivity contribution >= 4 is 17.1 Å². The van der Waals surface area contributed by atoms with Crippen LogP contribution >= 0.6 is 0 Å². The first-order valence-electron chi connectivity index (χ1n) is 11.0. The average molecular weight is 412 g/mol. The highest BCUT2D eigenvalue weighted by atomic mass is 16.5. The Morgan fingerprint density at radius 2 is 2.03 bits per heavy atom. The van der Waals surface area contributed by atoms with E-state index in [1.54, 1.807) is 10.8 Å². The van der Waals surface area contributed by atoms with Crippen molar-refractivity contribution in [3.8, 4) is 5.88 Å². The van der Waals surface area contributed by atoms with Crippen LogP contribution in [0.3, 0.4) is 0 Å². The summed E-state index contributed by atoms with van der Waals surface area (Å²) in [7, 11) is 0. The number of rotatable bonds is 5. The second-order valence-electron chi connectivity index (χ2n) is 8.69. The van der Waals surface area contributed by atoms with Crippen LogP contribution in [0.5, 0.6) is 5.88 Å². The molecule has 0 atom stereocenters. The van der Waals surface area contributed by atoms with Crippen molar-refractivity contribution in [3.05, 3.63) is 33.8 Å². The Morgan fingerprint density at radius 1 is 1.23 bits per heavy atom. The van der Waals surface area contributed by atoms with Gasteiger partial charge in [-0.2, -0.15) is 9.61 Å². The van der Waals surface area contributed by atoms with Gasteiger partial charge in [0, 0.05) is 31.4 Å². The number of aromatic hydroxyl groups is 1. The van der Waals surface area contributed by atoms with E-state index in [0.717, 1.165) is 62.5 Å². The molecule has 0 radical (unpaired) electrons. The van der Waals surface area contributed by atoms with Gasteiger partial charge >= 0.3 is 0 Å². The summed E-state index contributed by atoms with van der Waals surface area (Å²) in [4.78, 5) is 25.9. The predicted molar refractivity (Wildman–Crippen MR) is 112 cm³/mol. The Bertz CT molecular complexity index is 1060. The lowest BCUT2D eigenvalue weighted by Gasteiger charge is -2.25. The SMILES string of the molecule is O=C(NC1CC1)c1c(O)n(CC2CCOCC2)c2c(C3=CCCCC3)cnn2c1=O. The molecule has 160 valence electrons. The van der Waals surface area contributed by atoms with Crippen LogP contribution < -0.4 is 10.9 Å². The van der Waals surface area contributed by atoms with Crippen molar-refractivity contribution < 1.29 is 14.6 Å². The summed E-state index contributed by atoms with van der Waals surface area (Å²) in [5, 5.41) is 18.3. The van der Waals surface area contributed by atoms with Crippen molar-refractivity contribution in [1.82, 2.24) is 19.5 Å². The zero-order valence-corrected chi connectivity index (χ0v) is 17.1. The molecule has 1 amide bonds. The van der Waals surface area contributed by atoms with Crippen LogP contribution in [0.15, 0.2) is 17.1 Å². The molecule has 1 saturated heterocycles. The normalized spacial score (nSPS) is 20.3. The maximum Gasteiger partial charge on any atom is 0.291 e. The number of fused-ring (bicyclic) bond motifs is 1. The fraction of sp³-hybridized carbons (Fsp3) is 0.591. The summed E-state index contributed by atoms with van der Waals surface area (Å²) < 4.78 is 8.51. The van der Waals surface area contributed by atoms with Gasteiger partial charge in [0.15, 0.2) is 5.56 Å². The van der Waals surface area contributed by atoms with E-state index in [1.807, 2.05) is 0 Å². The number of nitrogens with one attached hydrogen (secondary N) is 1. The molecule has 2 N–H and O–H groups in total. The molecule has 5 rings (SSSR count). The molecule has 0 spiro atoms. The van der Waals surface area contributed by atoms with E-state index < -0.39 is 11.5 Å². The Kier molecular flexibility index (Phi) is 5.10. The fourth-order valence-electron chi connectivity index (χ4n) is 4.54. The molecule has 0 bridgehead atoms. The van der Waals surface area contributed by atoms with Crippen molar-refractivity contribution in [1.29, 1.82) is 0 Å². The van der Waals surface area contributed by atoms with Gasteiger partial charge < -0.3 is 15.2 Å². The van der Waals surface area contributed by atoms with Gasteiger partial charge in [-0.25, -0.2) is 0 Å². The number of carbonyl (C=O) groups is 1. The lowest BCUT2D eigenvalue weighted by atomic mass is 9.95. The third-order valence-corrected chi connectivity index (χ3v) is 6.44. The molecular weight excluding hydrogens is 384 g/mol. The largest absolute Gasteiger partial charge is 0.494 e. The summed E-state index contributed by atoms with van der Waals surface area (Å²) in [6.07, 6.45) is 11.7. The lowest BCUT2D eigenvalue weighted by Crippen LogP contribution is -2.35. The van der Waals surface area contributed by atoms with Gasteiger partial charge in [0.1, 0.15) is 5.65 Å². The van der Waals surface area contributed by atoms with E-state index in [4.69, 9.17) is 4.74 Å². The summed E-state index contributed by atoms with van der Waals surface area (Å²) >= 11 is 0. The van der Waals surface area contributed by atoms with Crippen molar-refractivity contribution in [2.45, 2.75) is 64.0 Å². The van der Waals surface area contributed by atoms with E-state index in [9.17, 15) is 14.7 Å². The number of hydrogen-bond acceptors (Lipinski definition) is 5. The first-order chi connectivity index (χ1) is 14.6. The van der Waals surface area contributed by atoms with Crippen LogP contribution in [0, 0.1) is 5.92 Å². The second kappa shape index (κ2) is 7.91. The van der Waals surface area contributed by atoms with Gasteiger partial charge in [-0.15, -0.1) is 0 Å².